The van der Waals surface area contributed by atoms with Gasteiger partial charge in [-0.1, -0.05) is 25.1 Å². The van der Waals surface area contributed by atoms with Crippen molar-refractivity contribution in [1.29, 1.82) is 0 Å². The predicted molar refractivity (Wildman–Crippen MR) is 99.4 cm³/mol. The van der Waals surface area contributed by atoms with Gasteiger partial charge in [-0.3, -0.25) is 9.36 Å². The molecule has 5 nitrogen and oxygen atoms in total. The molecule has 1 heterocycles. The number of ether oxygens (including phenoxy) is 2. The molecule has 1 unspecified atom stereocenters. The largest absolute Gasteiger partial charge is 0.493 e. The zero-order valence-electron chi connectivity index (χ0n) is 14.7. The van der Waals surface area contributed by atoms with Gasteiger partial charge in [0.15, 0.2) is 11.5 Å². The minimum atomic E-state index is -0.201. The minimum Gasteiger partial charge on any atom is -0.493 e. The lowest BCUT2D eigenvalue weighted by molar-refractivity contribution is 0.0850. The first-order valence-corrected chi connectivity index (χ1v) is 8.15. The van der Waals surface area contributed by atoms with Gasteiger partial charge in [0.2, 0.25) is 5.91 Å². The third-order valence-corrected chi connectivity index (χ3v) is 4.39. The number of carbonyl (C=O) groups is 1. The fraction of sp³-hybridized carbons (Fsp3) is 0.250. The molecule has 2 N–H and O–H groups in total. The quantitative estimate of drug-likeness (QED) is 0.719. The molecule has 0 amide bonds. The Morgan fingerprint density at radius 3 is 2.60 bits per heavy atom. The number of nitrogens with two attached hydrogens (primary N) is 1. The molecule has 0 saturated carbocycles. The summed E-state index contributed by atoms with van der Waals surface area (Å²) in [5, 5.41) is 0.965. The van der Waals surface area contributed by atoms with E-state index in [4.69, 9.17) is 15.2 Å². The molecule has 0 fully saturated rings. The Labute approximate surface area is 147 Å². The first-order chi connectivity index (χ1) is 12.0. The van der Waals surface area contributed by atoms with Gasteiger partial charge >= 0.3 is 0 Å². The molecule has 3 rings (SSSR count). The van der Waals surface area contributed by atoms with Crippen molar-refractivity contribution in [1.82, 2.24) is 4.57 Å². The van der Waals surface area contributed by atoms with E-state index in [0.717, 1.165) is 16.5 Å². The molecule has 25 heavy (non-hydrogen) atoms. The van der Waals surface area contributed by atoms with Crippen molar-refractivity contribution in [2.24, 2.45) is 5.92 Å². The van der Waals surface area contributed by atoms with E-state index in [0.29, 0.717) is 23.6 Å². The third kappa shape index (κ3) is 3.18. The van der Waals surface area contributed by atoms with Gasteiger partial charge in [0.25, 0.3) is 0 Å². The zero-order chi connectivity index (χ0) is 18.0. The van der Waals surface area contributed by atoms with Crippen molar-refractivity contribution in [2.75, 3.05) is 20.0 Å². The normalized spacial score (nSPS) is 12.1. The first kappa shape index (κ1) is 16.9. The second-order valence-electron chi connectivity index (χ2n) is 6.10. The number of benzene rings is 2. The van der Waals surface area contributed by atoms with Gasteiger partial charge in [0.1, 0.15) is 0 Å². The van der Waals surface area contributed by atoms with E-state index < -0.39 is 0 Å². The van der Waals surface area contributed by atoms with Crippen molar-refractivity contribution in [3.05, 3.63) is 54.2 Å². The van der Waals surface area contributed by atoms with Crippen LogP contribution in [0.3, 0.4) is 0 Å². The summed E-state index contributed by atoms with van der Waals surface area (Å²) in [5.41, 5.74) is 8.45. The SMILES string of the molecule is COc1ccc(CC(C)C(=O)n2ccc3cccc(N)c32)cc1OC. The van der Waals surface area contributed by atoms with Crippen LogP contribution in [0.25, 0.3) is 10.9 Å². The van der Waals surface area contributed by atoms with Crippen LogP contribution in [-0.4, -0.2) is 24.7 Å². The van der Waals surface area contributed by atoms with Crippen LogP contribution >= 0.6 is 0 Å². The number of hydrogen-bond donors (Lipinski definition) is 1. The van der Waals surface area contributed by atoms with Crippen LogP contribution in [0, 0.1) is 5.92 Å². The molecule has 0 radical (unpaired) electrons. The summed E-state index contributed by atoms with van der Waals surface area (Å²) in [4.78, 5) is 12.9. The van der Waals surface area contributed by atoms with Crippen LogP contribution in [0.1, 0.15) is 17.3 Å². The van der Waals surface area contributed by atoms with Crippen LogP contribution in [0.2, 0.25) is 0 Å². The summed E-state index contributed by atoms with van der Waals surface area (Å²) in [6.07, 6.45) is 2.39. The van der Waals surface area contributed by atoms with Crippen LogP contribution in [0.5, 0.6) is 11.5 Å². The van der Waals surface area contributed by atoms with Gasteiger partial charge in [-0.15, -0.1) is 0 Å². The second kappa shape index (κ2) is 6.89. The molecule has 1 aromatic heterocycles. The average Bonchev–Trinajstić information content (AvgIpc) is 3.06. The number of anilines is 1. The predicted octanol–water partition coefficient (Wildman–Crippen LogP) is 3.76. The van der Waals surface area contributed by atoms with E-state index in [2.05, 4.69) is 0 Å². The fourth-order valence-corrected chi connectivity index (χ4v) is 3.09. The fourth-order valence-electron chi connectivity index (χ4n) is 3.09. The molecule has 130 valence electrons. The molecule has 1 atom stereocenters. The van der Waals surface area contributed by atoms with Gasteiger partial charge in [-0.2, -0.15) is 0 Å². The summed E-state index contributed by atoms with van der Waals surface area (Å²) < 4.78 is 12.2. The molecule has 0 saturated heterocycles. The number of aromatic nitrogens is 1. The molecule has 3 aromatic rings. The van der Waals surface area contributed by atoms with E-state index in [9.17, 15) is 4.79 Å². The zero-order valence-corrected chi connectivity index (χ0v) is 14.7. The molecule has 2 aromatic carbocycles. The van der Waals surface area contributed by atoms with E-state index in [1.165, 1.54) is 0 Å². The maximum atomic E-state index is 12.9. The lowest BCUT2D eigenvalue weighted by atomic mass is 9.99. The monoisotopic (exact) mass is 338 g/mol. The number of carbonyl (C=O) groups excluding carboxylic acids is 1. The summed E-state index contributed by atoms with van der Waals surface area (Å²) in [6, 6.07) is 13.3. The molecule has 0 spiro atoms. The minimum absolute atomic E-state index is 0.0164. The summed E-state index contributed by atoms with van der Waals surface area (Å²) >= 11 is 0. The van der Waals surface area contributed by atoms with Gasteiger partial charge in [0.05, 0.1) is 25.4 Å². The van der Waals surface area contributed by atoms with Crippen LogP contribution in [-0.2, 0) is 6.42 Å². The lowest BCUT2D eigenvalue weighted by Gasteiger charge is -2.14. The highest BCUT2D eigenvalue weighted by Crippen LogP contribution is 2.29. The van der Waals surface area contributed by atoms with Crippen molar-refractivity contribution in [2.45, 2.75) is 13.3 Å². The van der Waals surface area contributed by atoms with E-state index >= 15 is 0 Å². The van der Waals surface area contributed by atoms with Crippen molar-refractivity contribution < 1.29 is 14.3 Å². The number of fused-ring (bicyclic) bond motifs is 1. The summed E-state index contributed by atoms with van der Waals surface area (Å²) in [7, 11) is 3.20. The molecular weight excluding hydrogens is 316 g/mol. The first-order valence-electron chi connectivity index (χ1n) is 8.15. The molecule has 0 aliphatic heterocycles. The van der Waals surface area contributed by atoms with Crippen LogP contribution in [0.4, 0.5) is 5.69 Å². The maximum absolute atomic E-state index is 12.9. The van der Waals surface area contributed by atoms with Gasteiger partial charge in [-0.05, 0) is 36.2 Å². The van der Waals surface area contributed by atoms with Crippen LogP contribution < -0.4 is 15.2 Å². The Bertz CT molecular complexity index is 914. The summed E-state index contributed by atoms with van der Waals surface area (Å²) in [6.45, 7) is 1.92. The molecular formula is C20H22N2O3. The number of nitrogens with zero attached hydrogens (tertiary/aromatic N) is 1. The number of para-hydroxylation sites is 1. The Morgan fingerprint density at radius 1 is 1.12 bits per heavy atom. The van der Waals surface area contributed by atoms with Gasteiger partial charge < -0.3 is 15.2 Å². The Balaban J connectivity index is 1.85. The lowest BCUT2D eigenvalue weighted by Crippen LogP contribution is -2.20. The smallest absolute Gasteiger partial charge is 0.234 e. The van der Waals surface area contributed by atoms with Crippen molar-refractivity contribution in [3.63, 3.8) is 0 Å². The van der Waals surface area contributed by atoms with Crippen molar-refractivity contribution in [3.8, 4) is 11.5 Å². The third-order valence-electron chi connectivity index (χ3n) is 4.39. The van der Waals surface area contributed by atoms with Crippen LogP contribution in [0.15, 0.2) is 48.7 Å². The number of hydrogen-bond acceptors (Lipinski definition) is 4. The van der Waals surface area contributed by atoms with Crippen molar-refractivity contribution >= 4 is 22.5 Å². The van der Waals surface area contributed by atoms with E-state index in [1.807, 2.05) is 49.4 Å². The Kier molecular flexibility index (Phi) is 4.65. The Morgan fingerprint density at radius 2 is 1.88 bits per heavy atom. The van der Waals surface area contributed by atoms with E-state index in [1.54, 1.807) is 25.0 Å². The number of rotatable bonds is 5. The molecule has 0 bridgehead atoms. The number of nitrogen functional groups attached to an aromatic ring is 1. The standard InChI is InChI=1S/C20H22N2O3/c1-13(11-14-7-8-17(24-2)18(12-14)25-3)20(23)22-10-9-15-5-4-6-16(21)19(15)22/h4-10,12-13H,11,21H2,1-3H3. The highest BCUT2D eigenvalue weighted by molar-refractivity contribution is 5.99. The van der Waals surface area contributed by atoms with Gasteiger partial charge in [-0.25, -0.2) is 0 Å². The highest BCUT2D eigenvalue weighted by atomic mass is 16.5. The highest BCUT2D eigenvalue weighted by Gasteiger charge is 2.19. The average molecular weight is 338 g/mol. The van der Waals surface area contributed by atoms with Gasteiger partial charge in [0, 0.05) is 17.5 Å². The molecule has 0 aliphatic rings. The molecule has 0 aliphatic carbocycles. The maximum Gasteiger partial charge on any atom is 0.234 e. The second-order valence-corrected chi connectivity index (χ2v) is 6.10. The summed E-state index contributed by atoms with van der Waals surface area (Å²) in [5.74, 6) is 1.15. The Hall–Kier alpha value is -2.95. The topological polar surface area (TPSA) is 66.5 Å². The molecule has 5 heteroatoms. The number of methoxy groups -OCH3 is 2. The van der Waals surface area contributed by atoms with E-state index in [-0.39, 0.29) is 11.8 Å².